The monoisotopic (exact) mass is 607 g/mol. The molecule has 2 aromatic heterocycles. The first-order valence-electron chi connectivity index (χ1n) is 13.6. The first kappa shape index (κ1) is 31.8. The van der Waals surface area contributed by atoms with Crippen molar-refractivity contribution in [2.75, 3.05) is 63.7 Å². The Hall–Kier alpha value is -4.08. The van der Waals surface area contributed by atoms with Gasteiger partial charge in [0.15, 0.2) is 5.82 Å². The lowest BCUT2D eigenvalue weighted by atomic mass is 10.0. The largest absolute Gasteiger partial charge is 0.490 e. The number of alkyl halides is 3. The van der Waals surface area contributed by atoms with Crippen LogP contribution in [0.1, 0.15) is 23.7 Å². The van der Waals surface area contributed by atoms with Gasteiger partial charge in [0.1, 0.15) is 18.2 Å². The Kier molecular flexibility index (Phi) is 10.3. The van der Waals surface area contributed by atoms with E-state index in [0.717, 1.165) is 25.7 Å². The van der Waals surface area contributed by atoms with Crippen LogP contribution < -0.4 is 20.9 Å². The zero-order valence-electron chi connectivity index (χ0n) is 24.0. The molecule has 0 bridgehead atoms. The molecule has 0 aliphatic carbocycles. The van der Waals surface area contributed by atoms with Crippen molar-refractivity contribution in [3.8, 4) is 17.1 Å². The fourth-order valence-corrected chi connectivity index (χ4v) is 4.59. The van der Waals surface area contributed by atoms with Crippen LogP contribution in [0.15, 0.2) is 35.4 Å². The van der Waals surface area contributed by atoms with Crippen molar-refractivity contribution in [1.29, 1.82) is 0 Å². The van der Waals surface area contributed by atoms with Crippen LogP contribution in [0.5, 0.6) is 5.75 Å². The summed E-state index contributed by atoms with van der Waals surface area (Å²) in [7, 11) is 1.51. The number of benzene rings is 1. The van der Waals surface area contributed by atoms with Gasteiger partial charge in [0.2, 0.25) is 0 Å². The van der Waals surface area contributed by atoms with Gasteiger partial charge >= 0.3 is 12.2 Å². The van der Waals surface area contributed by atoms with Crippen molar-refractivity contribution in [3.05, 3.63) is 63.6 Å². The molecule has 1 fully saturated rings. The number of aromatic amines is 1. The van der Waals surface area contributed by atoms with Crippen LogP contribution in [0.4, 0.5) is 33.7 Å². The number of amides is 2. The maximum Gasteiger partial charge on any atom is 0.416 e. The smallest absolute Gasteiger partial charge is 0.416 e. The molecule has 43 heavy (non-hydrogen) atoms. The normalized spacial score (nSPS) is 14.5. The fraction of sp³-hybridized carbons (Fsp3) is 0.429. The Labute approximate surface area is 245 Å². The summed E-state index contributed by atoms with van der Waals surface area (Å²) in [5.74, 6) is -0.589. The van der Waals surface area contributed by atoms with Crippen LogP contribution in [0.2, 0.25) is 0 Å². The van der Waals surface area contributed by atoms with Gasteiger partial charge in [-0.1, -0.05) is 6.92 Å². The molecular formula is C28H33F4N7O4. The summed E-state index contributed by atoms with van der Waals surface area (Å²) >= 11 is 0. The topological polar surface area (TPSA) is 125 Å². The van der Waals surface area contributed by atoms with E-state index in [0.29, 0.717) is 30.4 Å². The van der Waals surface area contributed by atoms with Crippen molar-refractivity contribution < 1.29 is 31.8 Å². The minimum Gasteiger partial charge on any atom is -0.490 e. The molecule has 1 aromatic carbocycles. The highest BCUT2D eigenvalue weighted by Gasteiger charge is 2.35. The maximum absolute atomic E-state index is 15.0. The molecule has 4 rings (SSSR count). The highest BCUT2D eigenvalue weighted by molar-refractivity contribution is 6.00. The van der Waals surface area contributed by atoms with Gasteiger partial charge in [0.25, 0.3) is 5.56 Å². The number of anilines is 2. The second-order valence-electron chi connectivity index (χ2n) is 9.89. The Morgan fingerprint density at radius 2 is 1.77 bits per heavy atom. The Balaban J connectivity index is 1.48. The van der Waals surface area contributed by atoms with Gasteiger partial charge in [-0.3, -0.25) is 9.69 Å². The van der Waals surface area contributed by atoms with E-state index >= 15 is 0 Å². The van der Waals surface area contributed by atoms with Crippen LogP contribution in [-0.2, 0) is 17.5 Å². The number of piperazine rings is 1. The molecule has 1 saturated heterocycles. The van der Waals surface area contributed by atoms with Crippen molar-refractivity contribution in [2.45, 2.75) is 26.6 Å². The average molecular weight is 608 g/mol. The second-order valence-corrected chi connectivity index (χ2v) is 9.89. The number of methoxy groups -OCH3 is 1. The summed E-state index contributed by atoms with van der Waals surface area (Å²) in [5.41, 5.74) is -1.43. The SMILES string of the molecule is CCN1CCN(Cc2cc(F)c(NC(=O)Nc3cnc(-c4c[nH]c(=O)cc4OCCOC)nc3C)cc2C(F)(F)F)CC1. The number of aryl methyl sites for hydroxylation is 1. The summed E-state index contributed by atoms with van der Waals surface area (Å²) in [6.07, 6.45) is -2.09. The third-order valence-electron chi connectivity index (χ3n) is 6.95. The van der Waals surface area contributed by atoms with E-state index in [1.807, 2.05) is 11.8 Å². The van der Waals surface area contributed by atoms with Gasteiger partial charge in [-0.2, -0.15) is 13.2 Å². The van der Waals surface area contributed by atoms with Crippen LogP contribution in [0.25, 0.3) is 11.4 Å². The minimum atomic E-state index is -4.75. The van der Waals surface area contributed by atoms with Crippen LogP contribution in [-0.4, -0.2) is 83.8 Å². The third-order valence-corrected chi connectivity index (χ3v) is 6.95. The number of likely N-dealkylation sites (N-methyl/N-ethyl adjacent to an activating group) is 1. The highest BCUT2D eigenvalue weighted by atomic mass is 19.4. The third kappa shape index (κ3) is 8.27. The summed E-state index contributed by atoms with van der Waals surface area (Å²) in [4.78, 5) is 39.6. The predicted molar refractivity (Wildman–Crippen MR) is 152 cm³/mol. The lowest BCUT2D eigenvalue weighted by Crippen LogP contribution is -2.45. The lowest BCUT2D eigenvalue weighted by molar-refractivity contribution is -0.138. The lowest BCUT2D eigenvalue weighted by Gasteiger charge is -2.34. The summed E-state index contributed by atoms with van der Waals surface area (Å²) < 4.78 is 67.4. The van der Waals surface area contributed by atoms with Crippen molar-refractivity contribution in [3.63, 3.8) is 0 Å². The van der Waals surface area contributed by atoms with E-state index in [-0.39, 0.29) is 42.6 Å². The number of nitrogens with zero attached hydrogens (tertiary/aromatic N) is 4. The van der Waals surface area contributed by atoms with E-state index in [1.54, 1.807) is 6.92 Å². The van der Waals surface area contributed by atoms with Gasteiger partial charge in [-0.25, -0.2) is 19.2 Å². The number of halogens is 4. The molecule has 1 aliphatic heterocycles. The Morgan fingerprint density at radius 1 is 1.07 bits per heavy atom. The second kappa shape index (κ2) is 13.9. The molecule has 0 spiro atoms. The van der Waals surface area contributed by atoms with E-state index in [9.17, 15) is 27.2 Å². The van der Waals surface area contributed by atoms with Gasteiger partial charge in [0, 0.05) is 52.1 Å². The molecule has 232 valence electrons. The molecule has 11 nitrogen and oxygen atoms in total. The number of aromatic nitrogens is 3. The number of rotatable bonds is 10. The molecule has 2 amide bonds. The number of ether oxygens (including phenoxy) is 2. The Bertz CT molecular complexity index is 1490. The zero-order chi connectivity index (χ0) is 31.1. The number of hydrogen-bond donors (Lipinski definition) is 3. The summed E-state index contributed by atoms with van der Waals surface area (Å²) in [6, 6.07) is 1.69. The molecule has 1 aliphatic rings. The first-order valence-corrected chi connectivity index (χ1v) is 13.6. The summed E-state index contributed by atoms with van der Waals surface area (Å²) in [6.45, 7) is 7.42. The van der Waals surface area contributed by atoms with E-state index < -0.39 is 34.8 Å². The standard InChI is InChI=1S/C28H33F4N7O4/c1-4-38-5-7-39(8-6-38)16-18-11-21(29)22(12-20(18)28(30,31)32)36-27(41)37-23-15-34-26(35-17(23)2)19-14-33-25(40)13-24(19)43-10-9-42-3/h11-15H,4-10,16H2,1-3H3,(H,33,40)(H2,36,37,41). The van der Waals surface area contributed by atoms with Crippen LogP contribution >= 0.6 is 0 Å². The van der Waals surface area contributed by atoms with E-state index in [1.165, 1.54) is 25.6 Å². The first-order chi connectivity index (χ1) is 20.5. The predicted octanol–water partition coefficient (Wildman–Crippen LogP) is 4.10. The highest BCUT2D eigenvalue weighted by Crippen LogP contribution is 2.36. The number of hydrogen-bond acceptors (Lipinski definition) is 8. The zero-order valence-corrected chi connectivity index (χ0v) is 24.0. The van der Waals surface area contributed by atoms with E-state index in [4.69, 9.17) is 9.47 Å². The fourth-order valence-electron chi connectivity index (χ4n) is 4.59. The molecule has 3 N–H and O–H groups in total. The van der Waals surface area contributed by atoms with Gasteiger partial charge < -0.3 is 30.0 Å². The molecule has 0 unspecified atom stereocenters. The number of pyridine rings is 1. The molecular weight excluding hydrogens is 574 g/mol. The molecule has 0 radical (unpaired) electrons. The number of carbonyl (C=O) groups excluding carboxylic acids is 1. The van der Waals surface area contributed by atoms with E-state index in [2.05, 4.69) is 30.5 Å². The average Bonchev–Trinajstić information content (AvgIpc) is 2.95. The Morgan fingerprint density at radius 3 is 2.42 bits per heavy atom. The van der Waals surface area contributed by atoms with Crippen LogP contribution in [0.3, 0.4) is 0 Å². The van der Waals surface area contributed by atoms with Gasteiger partial charge in [0.05, 0.1) is 41.0 Å². The van der Waals surface area contributed by atoms with Gasteiger partial charge in [-0.15, -0.1) is 0 Å². The molecule has 3 heterocycles. The number of H-pyrrole nitrogens is 1. The molecule has 3 aromatic rings. The van der Waals surface area contributed by atoms with Crippen molar-refractivity contribution in [2.24, 2.45) is 0 Å². The quantitative estimate of drug-likeness (QED) is 0.233. The van der Waals surface area contributed by atoms with Crippen LogP contribution in [0, 0.1) is 12.7 Å². The molecule has 0 saturated carbocycles. The van der Waals surface area contributed by atoms with Crippen molar-refractivity contribution in [1.82, 2.24) is 24.8 Å². The summed E-state index contributed by atoms with van der Waals surface area (Å²) in [5, 5.41) is 4.60. The molecule has 0 atom stereocenters. The minimum absolute atomic E-state index is 0.0624. The number of carbonyl (C=O) groups is 1. The van der Waals surface area contributed by atoms with Crippen molar-refractivity contribution >= 4 is 17.4 Å². The number of urea groups is 1. The maximum atomic E-state index is 15.0. The number of nitrogens with one attached hydrogen (secondary N) is 3. The molecule has 15 heteroatoms. The van der Waals surface area contributed by atoms with Gasteiger partial charge in [-0.05, 0) is 31.2 Å².